The molecule has 2 aromatic rings. The van der Waals surface area contributed by atoms with Gasteiger partial charge in [-0.25, -0.2) is 0 Å². The number of carbonyl (C=O) groups excluding carboxylic acids is 1. The number of para-hydroxylation sites is 1. The minimum absolute atomic E-state index is 0.143. The molecule has 4 heteroatoms. The smallest absolute Gasteiger partial charge is 0.270 e. The zero-order valence-corrected chi connectivity index (χ0v) is 14.1. The Bertz CT molecular complexity index is 805. The third-order valence-electron chi connectivity index (χ3n) is 4.35. The highest BCUT2D eigenvalue weighted by Gasteiger charge is 2.24. The lowest BCUT2D eigenvalue weighted by atomic mass is 10.0. The number of benzene rings is 2. The minimum atomic E-state index is -0.234. The molecule has 1 aliphatic heterocycles. The van der Waals surface area contributed by atoms with Crippen LogP contribution in [-0.4, -0.2) is 19.0 Å². The van der Waals surface area contributed by atoms with Gasteiger partial charge in [0.15, 0.2) is 0 Å². The van der Waals surface area contributed by atoms with Gasteiger partial charge in [0.2, 0.25) is 0 Å². The summed E-state index contributed by atoms with van der Waals surface area (Å²) in [7, 11) is 0. The minimum Gasteiger partial charge on any atom is -0.389 e. The Morgan fingerprint density at radius 1 is 1.16 bits per heavy atom. The Morgan fingerprint density at radius 3 is 2.72 bits per heavy atom. The summed E-state index contributed by atoms with van der Waals surface area (Å²) in [5.41, 5.74) is 3.45. The third-order valence-corrected chi connectivity index (χ3v) is 4.35. The molecule has 0 atom stereocenters. The summed E-state index contributed by atoms with van der Waals surface area (Å²) in [5, 5.41) is 12.5. The van der Waals surface area contributed by atoms with Crippen molar-refractivity contribution < 1.29 is 4.79 Å². The molecular weight excluding hydrogens is 310 g/mol. The summed E-state index contributed by atoms with van der Waals surface area (Å²) in [4.78, 5) is 14.5. The highest BCUT2D eigenvalue weighted by Crippen LogP contribution is 2.27. The van der Waals surface area contributed by atoms with E-state index in [1.807, 2.05) is 48.5 Å². The van der Waals surface area contributed by atoms with Crippen LogP contribution in [0.4, 0.5) is 5.69 Å². The van der Waals surface area contributed by atoms with Gasteiger partial charge in [-0.3, -0.25) is 4.79 Å². The predicted octanol–water partition coefficient (Wildman–Crippen LogP) is 3.21. The molecule has 0 saturated carbocycles. The highest BCUT2D eigenvalue weighted by atomic mass is 16.2. The lowest BCUT2D eigenvalue weighted by molar-refractivity contribution is -0.114. The number of hydrogen-bond donors (Lipinski definition) is 1. The molecule has 4 nitrogen and oxygen atoms in total. The maximum absolute atomic E-state index is 12.8. The van der Waals surface area contributed by atoms with Crippen LogP contribution in [0.25, 0.3) is 0 Å². The van der Waals surface area contributed by atoms with E-state index in [0.717, 1.165) is 30.5 Å². The second kappa shape index (κ2) is 8.16. The molecule has 126 valence electrons. The average Bonchev–Trinajstić information content (AvgIpc) is 2.68. The molecule has 1 aliphatic rings. The van der Waals surface area contributed by atoms with E-state index in [0.29, 0.717) is 13.1 Å². The van der Waals surface area contributed by atoms with E-state index in [-0.39, 0.29) is 11.5 Å². The van der Waals surface area contributed by atoms with Gasteiger partial charge in [0, 0.05) is 25.0 Å². The standard InChI is InChI=1S/C21H21N3O/c22-15-19(16-23-13-12-17-7-2-1-3-8-17)21(25)24-14-6-10-18-9-4-5-11-20(18)24/h1-5,7-9,11,16,23H,6,10,12-14H2/b19-16-. The van der Waals surface area contributed by atoms with Crippen molar-refractivity contribution in [3.63, 3.8) is 0 Å². The van der Waals surface area contributed by atoms with Crippen LogP contribution in [0, 0.1) is 11.3 Å². The topological polar surface area (TPSA) is 56.1 Å². The molecule has 0 aliphatic carbocycles. The first-order chi connectivity index (χ1) is 12.3. The summed E-state index contributed by atoms with van der Waals surface area (Å²) in [6, 6.07) is 20.1. The molecule has 0 unspecified atom stereocenters. The Hall–Kier alpha value is -3.06. The number of amides is 1. The summed E-state index contributed by atoms with van der Waals surface area (Å²) >= 11 is 0. The van der Waals surface area contributed by atoms with E-state index in [1.165, 1.54) is 5.56 Å². The quantitative estimate of drug-likeness (QED) is 0.520. The molecule has 0 radical (unpaired) electrons. The fourth-order valence-electron chi connectivity index (χ4n) is 3.07. The number of hydrogen-bond acceptors (Lipinski definition) is 3. The Kier molecular flexibility index (Phi) is 5.48. The van der Waals surface area contributed by atoms with Crippen LogP contribution in [0.1, 0.15) is 17.5 Å². The highest BCUT2D eigenvalue weighted by molar-refractivity contribution is 6.08. The zero-order chi connectivity index (χ0) is 17.5. The number of nitriles is 1. The van der Waals surface area contributed by atoms with Gasteiger partial charge in [-0.1, -0.05) is 48.5 Å². The van der Waals surface area contributed by atoms with Gasteiger partial charge in [-0.2, -0.15) is 5.26 Å². The molecule has 25 heavy (non-hydrogen) atoms. The fraction of sp³-hybridized carbons (Fsp3) is 0.238. The summed E-state index contributed by atoms with van der Waals surface area (Å²) in [6.45, 7) is 1.33. The molecule has 0 fully saturated rings. The van der Waals surface area contributed by atoms with Crippen LogP contribution in [0.3, 0.4) is 0 Å². The number of nitrogens with zero attached hydrogens (tertiary/aromatic N) is 2. The second-order valence-corrected chi connectivity index (χ2v) is 6.05. The lowest BCUT2D eigenvalue weighted by Gasteiger charge is -2.29. The molecule has 3 rings (SSSR count). The lowest BCUT2D eigenvalue weighted by Crippen LogP contribution is -2.36. The first-order valence-corrected chi connectivity index (χ1v) is 8.57. The number of anilines is 1. The summed E-state index contributed by atoms with van der Waals surface area (Å²) in [6.07, 6.45) is 4.28. The molecule has 0 aromatic heterocycles. The Morgan fingerprint density at radius 2 is 1.92 bits per heavy atom. The number of fused-ring (bicyclic) bond motifs is 1. The molecule has 1 heterocycles. The van der Waals surface area contributed by atoms with Gasteiger partial charge in [-0.15, -0.1) is 0 Å². The summed E-state index contributed by atoms with van der Waals surface area (Å²) < 4.78 is 0. The predicted molar refractivity (Wildman–Crippen MR) is 99.0 cm³/mol. The van der Waals surface area contributed by atoms with E-state index in [4.69, 9.17) is 0 Å². The summed E-state index contributed by atoms with van der Waals surface area (Å²) in [5.74, 6) is -0.234. The Labute approximate surface area is 148 Å². The van der Waals surface area contributed by atoms with Gasteiger partial charge >= 0.3 is 0 Å². The molecule has 0 saturated heterocycles. The second-order valence-electron chi connectivity index (χ2n) is 6.05. The molecule has 2 aromatic carbocycles. The van der Waals surface area contributed by atoms with E-state index >= 15 is 0 Å². The van der Waals surface area contributed by atoms with Gasteiger partial charge in [-0.05, 0) is 36.5 Å². The molecule has 0 bridgehead atoms. The molecule has 1 amide bonds. The van der Waals surface area contributed by atoms with Crippen molar-refractivity contribution in [2.75, 3.05) is 18.0 Å². The van der Waals surface area contributed by atoms with Crippen molar-refractivity contribution in [1.29, 1.82) is 5.26 Å². The molecular formula is C21H21N3O. The van der Waals surface area contributed by atoms with Crippen molar-refractivity contribution >= 4 is 11.6 Å². The van der Waals surface area contributed by atoms with Crippen molar-refractivity contribution in [3.8, 4) is 6.07 Å². The van der Waals surface area contributed by atoms with Crippen molar-refractivity contribution in [1.82, 2.24) is 5.32 Å². The largest absolute Gasteiger partial charge is 0.389 e. The van der Waals surface area contributed by atoms with E-state index in [2.05, 4.69) is 17.4 Å². The van der Waals surface area contributed by atoms with Crippen LogP contribution in [0.5, 0.6) is 0 Å². The van der Waals surface area contributed by atoms with Crippen molar-refractivity contribution in [3.05, 3.63) is 77.5 Å². The van der Waals surface area contributed by atoms with E-state index in [9.17, 15) is 10.1 Å². The van der Waals surface area contributed by atoms with Crippen molar-refractivity contribution in [2.45, 2.75) is 19.3 Å². The van der Waals surface area contributed by atoms with Gasteiger partial charge in [0.1, 0.15) is 11.6 Å². The Balaban J connectivity index is 1.65. The maximum atomic E-state index is 12.8. The van der Waals surface area contributed by atoms with Crippen LogP contribution < -0.4 is 10.2 Å². The zero-order valence-electron chi connectivity index (χ0n) is 14.1. The number of aryl methyl sites for hydroxylation is 1. The van der Waals surface area contributed by atoms with Crippen LogP contribution >= 0.6 is 0 Å². The van der Waals surface area contributed by atoms with E-state index < -0.39 is 0 Å². The maximum Gasteiger partial charge on any atom is 0.270 e. The van der Waals surface area contributed by atoms with Crippen LogP contribution in [0.2, 0.25) is 0 Å². The monoisotopic (exact) mass is 331 g/mol. The van der Waals surface area contributed by atoms with E-state index in [1.54, 1.807) is 11.1 Å². The third kappa shape index (κ3) is 4.07. The number of rotatable bonds is 5. The van der Waals surface area contributed by atoms with Crippen molar-refractivity contribution in [2.24, 2.45) is 0 Å². The number of carbonyl (C=O) groups is 1. The van der Waals surface area contributed by atoms with Gasteiger partial charge in [0.05, 0.1) is 0 Å². The first-order valence-electron chi connectivity index (χ1n) is 8.57. The molecule has 0 spiro atoms. The average molecular weight is 331 g/mol. The number of nitrogens with one attached hydrogen (secondary N) is 1. The normalized spacial score (nSPS) is 13.7. The van der Waals surface area contributed by atoms with Gasteiger partial charge < -0.3 is 10.2 Å². The van der Waals surface area contributed by atoms with Crippen LogP contribution in [0.15, 0.2) is 66.4 Å². The fourth-order valence-corrected chi connectivity index (χ4v) is 3.07. The molecule has 1 N–H and O–H groups in total. The van der Waals surface area contributed by atoms with Crippen LogP contribution in [-0.2, 0) is 17.6 Å². The van der Waals surface area contributed by atoms with Gasteiger partial charge in [0.25, 0.3) is 5.91 Å². The first kappa shape index (κ1) is 16.8. The SMILES string of the molecule is N#C/C(=C/NCCc1ccccc1)C(=O)N1CCCc2ccccc21.